The number of nitrogens with zero attached hydrogens (tertiary/aromatic N) is 3. The van der Waals surface area contributed by atoms with Gasteiger partial charge < -0.3 is 14.6 Å². The van der Waals surface area contributed by atoms with Gasteiger partial charge in [0.2, 0.25) is 17.6 Å². The minimum absolute atomic E-state index is 0.0165. The van der Waals surface area contributed by atoms with E-state index in [0.29, 0.717) is 29.6 Å². The maximum atomic E-state index is 12.6. The first-order valence-electron chi connectivity index (χ1n) is 8.94. The molecule has 1 aliphatic rings. The Morgan fingerprint density at radius 3 is 3.00 bits per heavy atom. The summed E-state index contributed by atoms with van der Waals surface area (Å²) in [5, 5.41) is 7.14. The Morgan fingerprint density at radius 1 is 1.33 bits per heavy atom. The summed E-state index contributed by atoms with van der Waals surface area (Å²) in [5.74, 6) is 1.52. The molecule has 7 nitrogen and oxygen atoms in total. The van der Waals surface area contributed by atoms with Crippen LogP contribution in [-0.4, -0.2) is 28.1 Å². The lowest BCUT2D eigenvalue weighted by atomic mass is 10.0. The van der Waals surface area contributed by atoms with Gasteiger partial charge in [-0.25, -0.2) is 4.98 Å². The van der Waals surface area contributed by atoms with Crippen LogP contribution in [0.5, 0.6) is 5.88 Å². The van der Waals surface area contributed by atoms with Crippen LogP contribution in [0, 0.1) is 0 Å². The fourth-order valence-electron chi connectivity index (χ4n) is 3.33. The van der Waals surface area contributed by atoms with E-state index in [-0.39, 0.29) is 11.9 Å². The lowest BCUT2D eigenvalue weighted by Crippen LogP contribution is -2.27. The van der Waals surface area contributed by atoms with E-state index in [4.69, 9.17) is 9.26 Å². The second kappa shape index (κ2) is 7.19. The van der Waals surface area contributed by atoms with E-state index in [1.807, 2.05) is 19.1 Å². The van der Waals surface area contributed by atoms with Crippen LogP contribution in [0.25, 0.3) is 11.4 Å². The monoisotopic (exact) mass is 364 g/mol. The molecule has 1 unspecified atom stereocenters. The Morgan fingerprint density at radius 2 is 2.22 bits per heavy atom. The number of ether oxygens (including phenoxy) is 1. The van der Waals surface area contributed by atoms with Gasteiger partial charge in [-0.15, -0.1) is 0 Å². The number of rotatable bonds is 5. The maximum absolute atomic E-state index is 12.6. The van der Waals surface area contributed by atoms with Crippen LogP contribution in [0.3, 0.4) is 0 Å². The number of methoxy groups -OCH3 is 1. The number of nitrogens with one attached hydrogen (secondary N) is 1. The molecule has 27 heavy (non-hydrogen) atoms. The van der Waals surface area contributed by atoms with E-state index < -0.39 is 0 Å². The predicted molar refractivity (Wildman–Crippen MR) is 98.4 cm³/mol. The van der Waals surface area contributed by atoms with Crippen molar-refractivity contribution in [2.75, 3.05) is 7.11 Å². The number of fused-ring (bicyclic) bond motifs is 1. The molecular formula is C20H20N4O3. The zero-order valence-electron chi connectivity index (χ0n) is 15.2. The molecule has 7 heteroatoms. The zero-order chi connectivity index (χ0) is 18.8. The van der Waals surface area contributed by atoms with Crippen molar-refractivity contribution in [2.24, 2.45) is 0 Å². The third kappa shape index (κ3) is 3.40. The molecule has 4 rings (SSSR count). The Bertz CT molecular complexity index is 983. The number of carbonyl (C=O) groups excluding carboxylic acids is 1. The van der Waals surface area contributed by atoms with Crippen LogP contribution in [0.15, 0.2) is 41.1 Å². The van der Waals surface area contributed by atoms with Crippen molar-refractivity contribution in [1.82, 2.24) is 20.4 Å². The van der Waals surface area contributed by atoms with Crippen LogP contribution in [0.4, 0.5) is 0 Å². The highest BCUT2D eigenvalue weighted by Crippen LogP contribution is 2.34. The summed E-state index contributed by atoms with van der Waals surface area (Å²) in [6, 6.07) is 9.40. The van der Waals surface area contributed by atoms with Gasteiger partial charge in [0, 0.05) is 29.8 Å². The standard InChI is InChI=1S/C20H20N4O3/c1-3-17-23-19(24-27-17)13-4-6-15-12(10-13)5-7-16(15)22-20(25)14-8-9-21-18(11-14)26-2/h4,6,8-11,16H,3,5,7H2,1-2H3,(H,22,25). The maximum Gasteiger partial charge on any atom is 0.252 e. The van der Waals surface area contributed by atoms with E-state index >= 15 is 0 Å². The van der Waals surface area contributed by atoms with Crippen molar-refractivity contribution in [3.63, 3.8) is 0 Å². The topological polar surface area (TPSA) is 90.1 Å². The van der Waals surface area contributed by atoms with E-state index in [0.717, 1.165) is 24.0 Å². The molecule has 0 aliphatic heterocycles. The van der Waals surface area contributed by atoms with Crippen LogP contribution in [0.1, 0.15) is 46.8 Å². The number of aromatic nitrogens is 3. The summed E-state index contributed by atoms with van der Waals surface area (Å²) in [6.45, 7) is 1.98. The fraction of sp³-hybridized carbons (Fsp3) is 0.300. The Hall–Kier alpha value is -3.22. The molecule has 0 saturated carbocycles. The molecule has 2 heterocycles. The number of hydrogen-bond acceptors (Lipinski definition) is 6. The number of carbonyl (C=O) groups is 1. The van der Waals surface area contributed by atoms with Gasteiger partial charge in [-0.3, -0.25) is 4.79 Å². The third-order valence-corrected chi connectivity index (χ3v) is 4.76. The highest BCUT2D eigenvalue weighted by molar-refractivity contribution is 5.94. The van der Waals surface area contributed by atoms with Crippen molar-refractivity contribution in [2.45, 2.75) is 32.2 Å². The van der Waals surface area contributed by atoms with Crippen molar-refractivity contribution >= 4 is 5.91 Å². The molecule has 2 aromatic heterocycles. The molecule has 1 atom stereocenters. The normalized spacial score (nSPS) is 15.4. The molecule has 1 aromatic carbocycles. The van der Waals surface area contributed by atoms with Gasteiger partial charge in [0.15, 0.2) is 0 Å². The molecule has 1 amide bonds. The Kier molecular flexibility index (Phi) is 4.58. The Labute approximate surface area is 156 Å². The molecule has 0 spiro atoms. The zero-order valence-corrected chi connectivity index (χ0v) is 15.2. The average molecular weight is 364 g/mol. The average Bonchev–Trinajstić information content (AvgIpc) is 3.35. The van der Waals surface area contributed by atoms with Gasteiger partial charge in [-0.2, -0.15) is 4.98 Å². The molecule has 0 bridgehead atoms. The van der Waals surface area contributed by atoms with Gasteiger partial charge in [0.25, 0.3) is 5.91 Å². The van der Waals surface area contributed by atoms with Crippen molar-refractivity contribution in [1.29, 1.82) is 0 Å². The first-order chi connectivity index (χ1) is 13.2. The molecule has 0 fully saturated rings. The van der Waals surface area contributed by atoms with Gasteiger partial charge in [0.05, 0.1) is 13.2 Å². The molecule has 0 radical (unpaired) electrons. The van der Waals surface area contributed by atoms with Crippen LogP contribution in [-0.2, 0) is 12.8 Å². The van der Waals surface area contributed by atoms with E-state index in [1.54, 1.807) is 18.3 Å². The minimum Gasteiger partial charge on any atom is -0.481 e. The summed E-state index contributed by atoms with van der Waals surface area (Å²) < 4.78 is 10.3. The second-order valence-corrected chi connectivity index (χ2v) is 6.43. The lowest BCUT2D eigenvalue weighted by Gasteiger charge is -2.14. The largest absolute Gasteiger partial charge is 0.481 e. The number of pyridine rings is 1. The Balaban J connectivity index is 1.52. The first-order valence-corrected chi connectivity index (χ1v) is 8.94. The fourth-order valence-corrected chi connectivity index (χ4v) is 3.33. The summed E-state index contributed by atoms with van der Waals surface area (Å²) in [6.07, 6.45) is 4.04. The van der Waals surface area contributed by atoms with E-state index in [2.05, 4.69) is 26.5 Å². The number of amides is 1. The first kappa shape index (κ1) is 17.2. The molecule has 0 saturated heterocycles. The highest BCUT2D eigenvalue weighted by Gasteiger charge is 2.25. The lowest BCUT2D eigenvalue weighted by molar-refractivity contribution is 0.0936. The summed E-state index contributed by atoms with van der Waals surface area (Å²) >= 11 is 0. The van der Waals surface area contributed by atoms with Crippen molar-refractivity contribution < 1.29 is 14.1 Å². The molecule has 138 valence electrons. The SMILES string of the molecule is CCc1nc(-c2ccc3c(c2)CCC3NC(=O)c2ccnc(OC)c2)no1. The van der Waals surface area contributed by atoms with Crippen molar-refractivity contribution in [3.05, 3.63) is 59.1 Å². The van der Waals surface area contributed by atoms with Gasteiger partial charge >= 0.3 is 0 Å². The highest BCUT2D eigenvalue weighted by atomic mass is 16.5. The summed E-state index contributed by atoms with van der Waals surface area (Å²) in [4.78, 5) is 21.0. The van der Waals surface area contributed by atoms with E-state index in [9.17, 15) is 4.79 Å². The summed E-state index contributed by atoms with van der Waals surface area (Å²) in [7, 11) is 1.53. The molecule has 1 N–H and O–H groups in total. The van der Waals surface area contributed by atoms with Gasteiger partial charge in [-0.1, -0.05) is 24.2 Å². The molecule has 3 aromatic rings. The predicted octanol–water partition coefficient (Wildman–Crippen LogP) is 3.12. The third-order valence-electron chi connectivity index (χ3n) is 4.76. The summed E-state index contributed by atoms with van der Waals surface area (Å²) in [5.41, 5.74) is 3.80. The van der Waals surface area contributed by atoms with Crippen LogP contribution >= 0.6 is 0 Å². The quantitative estimate of drug-likeness (QED) is 0.748. The van der Waals surface area contributed by atoms with E-state index in [1.165, 1.54) is 12.7 Å². The number of benzene rings is 1. The second-order valence-electron chi connectivity index (χ2n) is 6.43. The number of hydrogen-bond donors (Lipinski definition) is 1. The molecule has 1 aliphatic carbocycles. The number of aryl methyl sites for hydroxylation is 2. The molecular weight excluding hydrogens is 344 g/mol. The minimum atomic E-state index is -0.136. The van der Waals surface area contributed by atoms with Gasteiger partial charge in [0.1, 0.15) is 0 Å². The van der Waals surface area contributed by atoms with Crippen LogP contribution in [0.2, 0.25) is 0 Å². The van der Waals surface area contributed by atoms with Crippen LogP contribution < -0.4 is 10.1 Å². The van der Waals surface area contributed by atoms with Crippen molar-refractivity contribution in [3.8, 4) is 17.3 Å². The smallest absolute Gasteiger partial charge is 0.252 e. The van der Waals surface area contributed by atoms with Gasteiger partial charge in [-0.05, 0) is 36.1 Å².